The Kier molecular flexibility index (Phi) is 4.51. The molecule has 0 aromatic rings. The van der Waals surface area contributed by atoms with Gasteiger partial charge in [-0.1, -0.05) is 37.5 Å². The molecule has 1 nitrogen and oxygen atoms in total. The van der Waals surface area contributed by atoms with Crippen LogP contribution in [0, 0.1) is 5.92 Å². The van der Waals surface area contributed by atoms with Gasteiger partial charge in [0.05, 0.1) is 0 Å². The minimum atomic E-state index is 0.250. The molecule has 0 aliphatic heterocycles. The van der Waals surface area contributed by atoms with Gasteiger partial charge in [0.2, 0.25) is 0 Å². The SMILES string of the molecule is C=C/C(O)=C\C=C(/C)C1CCCCC1. The summed E-state index contributed by atoms with van der Waals surface area (Å²) in [6.45, 7) is 5.66. The lowest BCUT2D eigenvalue weighted by Gasteiger charge is -2.22. The highest BCUT2D eigenvalue weighted by atomic mass is 16.3. The standard InChI is InChI=1S/C13H20O/c1-3-13(14)10-9-11(2)12-7-5-4-6-8-12/h3,9-10,12,14H,1,4-8H2,2H3/b11-9+,13-10+. The van der Waals surface area contributed by atoms with Crippen molar-refractivity contribution in [2.24, 2.45) is 5.92 Å². The van der Waals surface area contributed by atoms with Crippen LogP contribution in [-0.4, -0.2) is 5.11 Å². The second kappa shape index (κ2) is 5.69. The zero-order valence-corrected chi connectivity index (χ0v) is 9.00. The first-order valence-electron chi connectivity index (χ1n) is 5.44. The quantitative estimate of drug-likeness (QED) is 0.526. The molecule has 0 aromatic heterocycles. The Morgan fingerprint density at radius 3 is 2.43 bits per heavy atom. The molecule has 0 spiro atoms. The summed E-state index contributed by atoms with van der Waals surface area (Å²) in [7, 11) is 0. The van der Waals surface area contributed by atoms with Crippen LogP contribution in [-0.2, 0) is 0 Å². The third kappa shape index (κ3) is 3.41. The molecule has 0 bridgehead atoms. The summed E-state index contributed by atoms with van der Waals surface area (Å²) in [5.41, 5.74) is 1.39. The Morgan fingerprint density at radius 1 is 1.21 bits per heavy atom. The van der Waals surface area contributed by atoms with Gasteiger partial charge >= 0.3 is 0 Å². The van der Waals surface area contributed by atoms with E-state index in [1.54, 1.807) is 6.08 Å². The summed E-state index contributed by atoms with van der Waals surface area (Å²) in [5.74, 6) is 0.984. The van der Waals surface area contributed by atoms with Crippen LogP contribution >= 0.6 is 0 Å². The molecule has 0 unspecified atom stereocenters. The molecule has 1 saturated carbocycles. The Bertz CT molecular complexity index is 242. The molecule has 0 atom stereocenters. The van der Waals surface area contributed by atoms with Crippen LogP contribution in [0.25, 0.3) is 0 Å². The predicted molar refractivity (Wildman–Crippen MR) is 61.2 cm³/mol. The second-order valence-electron chi connectivity index (χ2n) is 4.04. The van der Waals surface area contributed by atoms with E-state index in [0.717, 1.165) is 5.92 Å². The van der Waals surface area contributed by atoms with Crippen molar-refractivity contribution in [3.8, 4) is 0 Å². The van der Waals surface area contributed by atoms with Crippen molar-refractivity contribution >= 4 is 0 Å². The number of hydrogen-bond donors (Lipinski definition) is 1. The van der Waals surface area contributed by atoms with Crippen molar-refractivity contribution in [3.63, 3.8) is 0 Å². The van der Waals surface area contributed by atoms with Gasteiger partial charge in [0.25, 0.3) is 0 Å². The van der Waals surface area contributed by atoms with Crippen LogP contribution in [0.2, 0.25) is 0 Å². The smallest absolute Gasteiger partial charge is 0.114 e. The topological polar surface area (TPSA) is 20.2 Å². The van der Waals surface area contributed by atoms with Crippen LogP contribution < -0.4 is 0 Å². The van der Waals surface area contributed by atoms with E-state index in [-0.39, 0.29) is 5.76 Å². The summed E-state index contributed by atoms with van der Waals surface area (Å²) in [6, 6.07) is 0. The monoisotopic (exact) mass is 192 g/mol. The third-order valence-electron chi connectivity index (χ3n) is 2.98. The maximum absolute atomic E-state index is 9.20. The predicted octanol–water partition coefficient (Wildman–Crippen LogP) is 4.14. The lowest BCUT2D eigenvalue weighted by Crippen LogP contribution is -2.06. The highest BCUT2D eigenvalue weighted by Gasteiger charge is 2.13. The Balaban J connectivity index is 2.53. The van der Waals surface area contributed by atoms with Gasteiger partial charge in [-0.15, -0.1) is 0 Å². The van der Waals surface area contributed by atoms with Gasteiger partial charge in [0.1, 0.15) is 5.76 Å². The van der Waals surface area contributed by atoms with Crippen molar-refractivity contribution in [2.75, 3.05) is 0 Å². The van der Waals surface area contributed by atoms with Gasteiger partial charge in [0, 0.05) is 0 Å². The van der Waals surface area contributed by atoms with Crippen LogP contribution in [0.5, 0.6) is 0 Å². The summed E-state index contributed by atoms with van der Waals surface area (Å²) in [5, 5.41) is 9.20. The molecule has 1 heteroatoms. The van der Waals surface area contributed by atoms with E-state index < -0.39 is 0 Å². The van der Waals surface area contributed by atoms with Crippen LogP contribution in [0.4, 0.5) is 0 Å². The molecular formula is C13H20O. The summed E-state index contributed by atoms with van der Waals surface area (Å²) in [4.78, 5) is 0. The minimum absolute atomic E-state index is 0.250. The molecule has 1 rings (SSSR count). The normalized spacial score (nSPS) is 20.9. The summed E-state index contributed by atoms with van der Waals surface area (Å²) < 4.78 is 0. The van der Waals surface area contributed by atoms with E-state index >= 15 is 0 Å². The molecule has 78 valence electrons. The van der Waals surface area contributed by atoms with Crippen LogP contribution in [0.15, 0.2) is 36.1 Å². The first-order chi connectivity index (χ1) is 6.74. The van der Waals surface area contributed by atoms with Gasteiger partial charge in [-0.05, 0) is 37.8 Å². The van der Waals surface area contributed by atoms with E-state index in [1.807, 2.05) is 6.08 Å². The van der Waals surface area contributed by atoms with E-state index in [2.05, 4.69) is 13.5 Å². The highest BCUT2D eigenvalue weighted by molar-refractivity contribution is 5.20. The minimum Gasteiger partial charge on any atom is -0.508 e. The van der Waals surface area contributed by atoms with Crippen molar-refractivity contribution in [3.05, 3.63) is 36.1 Å². The highest BCUT2D eigenvalue weighted by Crippen LogP contribution is 2.29. The lowest BCUT2D eigenvalue weighted by molar-refractivity contribution is 0.402. The maximum Gasteiger partial charge on any atom is 0.114 e. The van der Waals surface area contributed by atoms with Gasteiger partial charge in [-0.2, -0.15) is 0 Å². The summed E-state index contributed by atoms with van der Waals surface area (Å²) in [6.07, 6.45) is 11.9. The van der Waals surface area contributed by atoms with E-state index in [9.17, 15) is 5.11 Å². The zero-order valence-electron chi connectivity index (χ0n) is 9.00. The summed E-state index contributed by atoms with van der Waals surface area (Å²) >= 11 is 0. The fourth-order valence-corrected chi connectivity index (χ4v) is 1.98. The van der Waals surface area contributed by atoms with E-state index in [0.29, 0.717) is 0 Å². The van der Waals surface area contributed by atoms with Gasteiger partial charge < -0.3 is 5.11 Å². The molecular weight excluding hydrogens is 172 g/mol. The maximum atomic E-state index is 9.20. The van der Waals surface area contributed by atoms with E-state index in [4.69, 9.17) is 0 Å². The van der Waals surface area contributed by atoms with Gasteiger partial charge in [-0.3, -0.25) is 0 Å². The average Bonchev–Trinajstić information content (AvgIpc) is 2.26. The number of aliphatic hydroxyl groups excluding tert-OH is 1. The number of aliphatic hydroxyl groups is 1. The molecule has 0 radical (unpaired) electrons. The Labute approximate surface area is 86.8 Å². The van der Waals surface area contributed by atoms with E-state index in [1.165, 1.54) is 43.8 Å². The first-order valence-corrected chi connectivity index (χ1v) is 5.44. The Morgan fingerprint density at radius 2 is 1.86 bits per heavy atom. The lowest BCUT2D eigenvalue weighted by atomic mass is 9.84. The van der Waals surface area contributed by atoms with Crippen molar-refractivity contribution in [1.29, 1.82) is 0 Å². The second-order valence-corrected chi connectivity index (χ2v) is 4.04. The molecule has 0 amide bonds. The van der Waals surface area contributed by atoms with Crippen LogP contribution in [0.1, 0.15) is 39.0 Å². The largest absolute Gasteiger partial charge is 0.508 e. The van der Waals surface area contributed by atoms with Crippen LogP contribution in [0.3, 0.4) is 0 Å². The molecule has 14 heavy (non-hydrogen) atoms. The molecule has 1 fully saturated rings. The first kappa shape index (κ1) is 11.1. The molecule has 0 heterocycles. The number of hydrogen-bond acceptors (Lipinski definition) is 1. The average molecular weight is 192 g/mol. The zero-order chi connectivity index (χ0) is 10.4. The van der Waals surface area contributed by atoms with Gasteiger partial charge in [-0.25, -0.2) is 0 Å². The molecule has 0 aromatic carbocycles. The number of allylic oxidation sites excluding steroid dienone is 4. The fraction of sp³-hybridized carbons (Fsp3) is 0.538. The molecule has 1 aliphatic rings. The fourth-order valence-electron chi connectivity index (χ4n) is 1.98. The van der Waals surface area contributed by atoms with Crippen molar-refractivity contribution in [1.82, 2.24) is 0 Å². The van der Waals surface area contributed by atoms with Crippen molar-refractivity contribution < 1.29 is 5.11 Å². The Hall–Kier alpha value is -0.980. The molecule has 1 N–H and O–H groups in total. The molecule has 0 saturated heterocycles. The van der Waals surface area contributed by atoms with Gasteiger partial charge in [0.15, 0.2) is 0 Å². The number of rotatable bonds is 3. The van der Waals surface area contributed by atoms with Crippen molar-refractivity contribution in [2.45, 2.75) is 39.0 Å². The third-order valence-corrected chi connectivity index (χ3v) is 2.98. The molecule has 1 aliphatic carbocycles.